The maximum atomic E-state index is 15.7. The Morgan fingerprint density at radius 3 is 2.65 bits per heavy atom. The van der Waals surface area contributed by atoms with Crippen molar-refractivity contribution in [2.45, 2.75) is 18.9 Å². The van der Waals surface area contributed by atoms with Crippen molar-refractivity contribution < 1.29 is 13.6 Å². The Hall–Kier alpha value is -4.90. The van der Waals surface area contributed by atoms with Gasteiger partial charge < -0.3 is 20.6 Å². The third-order valence-corrected chi connectivity index (χ3v) is 7.63. The van der Waals surface area contributed by atoms with Crippen molar-refractivity contribution in [3.05, 3.63) is 99.2 Å². The first-order chi connectivity index (χ1) is 19.3. The highest BCUT2D eigenvalue weighted by Crippen LogP contribution is 2.44. The van der Waals surface area contributed by atoms with E-state index >= 15 is 4.39 Å². The van der Waals surface area contributed by atoms with Crippen LogP contribution in [-0.2, 0) is 6.42 Å². The lowest BCUT2D eigenvalue weighted by Crippen LogP contribution is -2.28. The number of aromatic nitrogens is 5. The molecule has 0 radical (unpaired) electrons. The second kappa shape index (κ2) is 8.82. The summed E-state index contributed by atoms with van der Waals surface area (Å²) in [5.74, 6) is -1.54. The summed E-state index contributed by atoms with van der Waals surface area (Å²) < 4.78 is 31.6. The van der Waals surface area contributed by atoms with Crippen molar-refractivity contribution in [1.82, 2.24) is 24.5 Å². The zero-order valence-electron chi connectivity index (χ0n) is 20.5. The number of hydrogen-bond acceptors (Lipinski definition) is 6. The van der Waals surface area contributed by atoms with Crippen molar-refractivity contribution in [1.29, 1.82) is 0 Å². The Morgan fingerprint density at radius 1 is 1.00 bits per heavy atom. The van der Waals surface area contributed by atoms with E-state index in [2.05, 4.69) is 25.3 Å². The van der Waals surface area contributed by atoms with E-state index in [1.54, 1.807) is 12.1 Å². The molecule has 7 rings (SSSR count). The molecule has 2 aliphatic rings. The summed E-state index contributed by atoms with van der Waals surface area (Å²) in [5, 5.41) is 2.75. The monoisotopic (exact) mass is 557 g/mol. The Bertz CT molecular complexity index is 1950. The first-order valence-corrected chi connectivity index (χ1v) is 12.7. The lowest BCUT2D eigenvalue weighted by Gasteiger charge is -2.23. The fourth-order valence-corrected chi connectivity index (χ4v) is 5.78. The van der Waals surface area contributed by atoms with Crippen LogP contribution in [0.15, 0.2) is 59.8 Å². The van der Waals surface area contributed by atoms with Crippen molar-refractivity contribution >= 4 is 29.0 Å². The van der Waals surface area contributed by atoms with E-state index in [9.17, 15) is 14.0 Å². The minimum Gasteiger partial charge on any atom is -0.384 e. The van der Waals surface area contributed by atoms with Crippen molar-refractivity contribution in [3.8, 4) is 33.5 Å². The molecule has 4 N–H and O–H groups in total. The molecule has 2 aliphatic heterocycles. The minimum absolute atomic E-state index is 0.0460. The summed E-state index contributed by atoms with van der Waals surface area (Å²) in [5.41, 5.74) is 7.89. The van der Waals surface area contributed by atoms with Crippen LogP contribution in [0.5, 0.6) is 0 Å². The zero-order valence-corrected chi connectivity index (χ0v) is 21.3. The van der Waals surface area contributed by atoms with Gasteiger partial charge in [-0.2, -0.15) is 4.39 Å². The first-order valence-electron chi connectivity index (χ1n) is 12.3. The Morgan fingerprint density at radius 2 is 1.82 bits per heavy atom. The number of carbonyl (C=O) groups excluding carboxylic acids is 1. The fraction of sp³-hybridized carbons (Fsp3) is 0.107. The maximum absolute atomic E-state index is 15.7. The molecule has 0 saturated carbocycles. The number of nitrogens with two attached hydrogens (primary N) is 1. The van der Waals surface area contributed by atoms with Gasteiger partial charge in [0.1, 0.15) is 17.5 Å². The van der Waals surface area contributed by atoms with Crippen LogP contribution in [0.25, 0.3) is 33.5 Å². The number of amides is 1. The number of hydrogen-bond donors (Lipinski definition) is 3. The van der Waals surface area contributed by atoms with Crippen molar-refractivity contribution in [2.24, 2.45) is 0 Å². The number of carbonyl (C=O) groups is 1. The largest absolute Gasteiger partial charge is 0.384 e. The predicted octanol–water partition coefficient (Wildman–Crippen LogP) is 4.98. The third kappa shape index (κ3) is 3.54. The molecule has 6 heterocycles. The summed E-state index contributed by atoms with van der Waals surface area (Å²) in [6.45, 7) is 0. The Kier molecular flexibility index (Phi) is 5.33. The van der Waals surface area contributed by atoms with Gasteiger partial charge in [0.05, 0.1) is 46.0 Å². The second-order valence-corrected chi connectivity index (χ2v) is 9.97. The number of fused-ring (bicyclic) bond motifs is 7. The molecule has 12 heteroatoms. The van der Waals surface area contributed by atoms with E-state index in [0.717, 1.165) is 0 Å². The van der Waals surface area contributed by atoms with E-state index in [4.69, 9.17) is 17.3 Å². The fourth-order valence-electron chi connectivity index (χ4n) is 5.62. The van der Waals surface area contributed by atoms with Crippen LogP contribution in [0.2, 0.25) is 5.02 Å². The molecule has 0 unspecified atom stereocenters. The van der Waals surface area contributed by atoms with Gasteiger partial charge in [0.15, 0.2) is 0 Å². The molecular weight excluding hydrogens is 540 g/mol. The van der Waals surface area contributed by atoms with Crippen LogP contribution < -0.4 is 16.6 Å². The highest BCUT2D eigenvalue weighted by Gasteiger charge is 2.35. The number of pyridine rings is 3. The minimum atomic E-state index is -0.758. The van der Waals surface area contributed by atoms with Crippen LogP contribution in [-0.4, -0.2) is 30.4 Å². The summed E-state index contributed by atoms with van der Waals surface area (Å²) in [6, 6.07) is 8.41. The molecule has 0 saturated heterocycles. The highest BCUT2D eigenvalue weighted by molar-refractivity contribution is 6.31. The molecule has 1 amide bonds. The number of rotatable bonds is 2. The van der Waals surface area contributed by atoms with Crippen LogP contribution in [0.4, 0.5) is 20.3 Å². The van der Waals surface area contributed by atoms with E-state index in [0.29, 0.717) is 46.9 Å². The van der Waals surface area contributed by atoms with E-state index in [-0.39, 0.29) is 33.1 Å². The van der Waals surface area contributed by atoms with Gasteiger partial charge in [-0.1, -0.05) is 17.7 Å². The number of anilines is 2. The standard InChI is InChI=1S/C28H18ClF2N7O2/c29-16-3-1-13-12-7-8-33-10-17(12)36-28(40)24-15(23(13)25(16)30)9-22(39)38-19(24)4-5-20(38)27-34-11-18(35-27)14-2-6-21(32)37-26(14)31/h1-3,6-11,20H,4-5H2,(H2,32,37)(H,34,35)(H,36,40)/t20-/m1/s1. The zero-order chi connectivity index (χ0) is 27.7. The van der Waals surface area contributed by atoms with Crippen LogP contribution >= 0.6 is 11.6 Å². The normalized spacial score (nSPS) is 15.4. The SMILES string of the molecule is Nc1ccc(-c2cnc([C@H]3CCc4c5c(cc(=O)n43)-c3c(ccc(Cl)c3F)-c3ccncc3NC5=O)[nH]2)c(F)n1. The first kappa shape index (κ1) is 24.2. The van der Waals surface area contributed by atoms with E-state index < -0.39 is 29.3 Å². The van der Waals surface area contributed by atoms with Gasteiger partial charge in [-0.05, 0) is 42.7 Å². The molecular formula is C28H18ClF2N7O2. The molecule has 0 aliphatic carbocycles. The average molecular weight is 558 g/mol. The molecule has 5 aromatic rings. The van der Waals surface area contributed by atoms with Gasteiger partial charge >= 0.3 is 0 Å². The highest BCUT2D eigenvalue weighted by atomic mass is 35.5. The van der Waals surface area contributed by atoms with Gasteiger partial charge in [-0.3, -0.25) is 14.6 Å². The van der Waals surface area contributed by atoms with E-state index in [1.807, 2.05) is 0 Å². The van der Waals surface area contributed by atoms with Crippen molar-refractivity contribution in [3.63, 3.8) is 0 Å². The predicted molar refractivity (Wildman–Crippen MR) is 145 cm³/mol. The molecule has 0 spiro atoms. The number of H-pyrrole nitrogens is 1. The number of aromatic amines is 1. The molecule has 9 nitrogen and oxygen atoms in total. The summed E-state index contributed by atoms with van der Waals surface area (Å²) >= 11 is 6.18. The molecule has 40 heavy (non-hydrogen) atoms. The molecule has 1 atom stereocenters. The smallest absolute Gasteiger partial charge is 0.258 e. The van der Waals surface area contributed by atoms with Gasteiger partial charge in [0, 0.05) is 34.6 Å². The lowest BCUT2D eigenvalue weighted by molar-refractivity contribution is 0.102. The number of nitrogens with zero attached hydrogens (tertiary/aromatic N) is 4. The number of imidazole rings is 1. The van der Waals surface area contributed by atoms with Gasteiger partial charge in [0.2, 0.25) is 5.95 Å². The molecule has 4 aromatic heterocycles. The maximum Gasteiger partial charge on any atom is 0.258 e. The summed E-state index contributed by atoms with van der Waals surface area (Å²) in [4.78, 5) is 42.6. The number of nitrogen functional groups attached to an aromatic ring is 1. The molecule has 0 bridgehead atoms. The average Bonchev–Trinajstić information content (AvgIpc) is 3.58. The van der Waals surface area contributed by atoms with E-state index in [1.165, 1.54) is 47.4 Å². The quantitative estimate of drug-likeness (QED) is 0.262. The summed E-state index contributed by atoms with van der Waals surface area (Å²) in [7, 11) is 0. The number of benzene rings is 1. The van der Waals surface area contributed by atoms with Crippen molar-refractivity contribution in [2.75, 3.05) is 11.1 Å². The Labute approximate surface area is 229 Å². The van der Waals surface area contributed by atoms with Gasteiger partial charge in [0.25, 0.3) is 11.5 Å². The molecule has 1 aromatic carbocycles. The number of nitrogens with one attached hydrogen (secondary N) is 2. The topological polar surface area (TPSA) is 132 Å². The Balaban J connectivity index is 1.42. The van der Waals surface area contributed by atoms with Crippen LogP contribution in [0.3, 0.4) is 0 Å². The van der Waals surface area contributed by atoms with Crippen LogP contribution in [0.1, 0.15) is 34.3 Å². The van der Waals surface area contributed by atoms with Gasteiger partial charge in [-0.25, -0.2) is 14.4 Å². The molecule has 0 fully saturated rings. The van der Waals surface area contributed by atoms with Crippen LogP contribution in [0, 0.1) is 11.8 Å². The summed E-state index contributed by atoms with van der Waals surface area (Å²) in [6.07, 6.45) is 5.24. The van der Waals surface area contributed by atoms with Gasteiger partial charge in [-0.15, -0.1) is 0 Å². The second-order valence-electron chi connectivity index (χ2n) is 9.56. The lowest BCUT2D eigenvalue weighted by atomic mass is 9.88. The third-order valence-electron chi connectivity index (χ3n) is 7.34. The molecule has 198 valence electrons. The number of halogens is 3.